The molecule has 2 rings (SSSR count). The summed E-state index contributed by atoms with van der Waals surface area (Å²) >= 11 is 2.16. The number of nitrogens with one attached hydrogen (secondary N) is 1. The van der Waals surface area contributed by atoms with Crippen LogP contribution < -0.4 is 5.32 Å². The second-order valence-electron chi connectivity index (χ2n) is 5.65. The molecular weight excluding hydrogens is 190 g/mol. The standard InChI is InChI=1S/C12H23NS/c1-12(2)6-5-10(8-12)13-9-11-4-3-7-14-11/h10-11,13H,3-9H2,1-2H3. The van der Waals surface area contributed by atoms with Crippen molar-refractivity contribution in [1.29, 1.82) is 0 Å². The Morgan fingerprint density at radius 1 is 1.36 bits per heavy atom. The maximum atomic E-state index is 3.76. The summed E-state index contributed by atoms with van der Waals surface area (Å²) in [5.74, 6) is 1.39. The minimum absolute atomic E-state index is 0.598. The van der Waals surface area contributed by atoms with E-state index in [2.05, 4.69) is 30.9 Å². The van der Waals surface area contributed by atoms with Crippen LogP contribution in [0, 0.1) is 5.41 Å². The topological polar surface area (TPSA) is 12.0 Å². The average molecular weight is 213 g/mol. The Kier molecular flexibility index (Phi) is 3.43. The van der Waals surface area contributed by atoms with Crippen LogP contribution >= 0.6 is 11.8 Å². The molecule has 1 aliphatic carbocycles. The Balaban J connectivity index is 1.66. The second-order valence-corrected chi connectivity index (χ2v) is 7.06. The summed E-state index contributed by atoms with van der Waals surface area (Å²) in [5.41, 5.74) is 0.598. The van der Waals surface area contributed by atoms with Gasteiger partial charge in [-0.3, -0.25) is 0 Å². The van der Waals surface area contributed by atoms with Crippen LogP contribution in [0.2, 0.25) is 0 Å². The van der Waals surface area contributed by atoms with Crippen LogP contribution in [0.5, 0.6) is 0 Å². The third kappa shape index (κ3) is 2.90. The summed E-state index contributed by atoms with van der Waals surface area (Å²) in [4.78, 5) is 0. The van der Waals surface area contributed by atoms with Crippen molar-refractivity contribution in [2.24, 2.45) is 5.41 Å². The molecule has 0 aromatic rings. The number of thioether (sulfide) groups is 1. The molecule has 1 aliphatic heterocycles. The minimum atomic E-state index is 0.598. The Hall–Kier alpha value is 0.310. The molecule has 2 fully saturated rings. The molecule has 1 N–H and O–H groups in total. The molecule has 2 heteroatoms. The lowest BCUT2D eigenvalue weighted by molar-refractivity contribution is 0.364. The van der Waals surface area contributed by atoms with Crippen LogP contribution in [-0.2, 0) is 0 Å². The molecule has 1 nitrogen and oxygen atoms in total. The molecule has 0 radical (unpaired) electrons. The molecule has 0 spiro atoms. The summed E-state index contributed by atoms with van der Waals surface area (Å²) in [5, 5.41) is 4.67. The Labute approximate surface area is 92.4 Å². The van der Waals surface area contributed by atoms with Gasteiger partial charge in [-0.2, -0.15) is 11.8 Å². The average Bonchev–Trinajstić information content (AvgIpc) is 2.70. The fourth-order valence-corrected chi connectivity index (χ4v) is 3.93. The van der Waals surface area contributed by atoms with Gasteiger partial charge in [-0.15, -0.1) is 0 Å². The van der Waals surface area contributed by atoms with Gasteiger partial charge in [-0.05, 0) is 43.3 Å². The van der Waals surface area contributed by atoms with Gasteiger partial charge in [0.15, 0.2) is 0 Å². The van der Waals surface area contributed by atoms with E-state index < -0.39 is 0 Å². The zero-order chi connectivity index (χ0) is 10.0. The second kappa shape index (κ2) is 4.44. The maximum absolute atomic E-state index is 3.76. The highest BCUT2D eigenvalue weighted by molar-refractivity contribution is 8.00. The van der Waals surface area contributed by atoms with E-state index >= 15 is 0 Å². The number of hydrogen-bond donors (Lipinski definition) is 1. The van der Waals surface area contributed by atoms with E-state index in [0.717, 1.165) is 11.3 Å². The molecule has 1 heterocycles. The third-order valence-corrected chi connectivity index (χ3v) is 5.02. The smallest absolute Gasteiger partial charge is 0.0172 e. The van der Waals surface area contributed by atoms with Gasteiger partial charge in [0.05, 0.1) is 0 Å². The molecule has 1 saturated heterocycles. The van der Waals surface area contributed by atoms with Gasteiger partial charge < -0.3 is 5.32 Å². The van der Waals surface area contributed by atoms with Gasteiger partial charge in [0.1, 0.15) is 0 Å². The van der Waals surface area contributed by atoms with Crippen molar-refractivity contribution in [3.05, 3.63) is 0 Å². The van der Waals surface area contributed by atoms with Crippen molar-refractivity contribution >= 4 is 11.8 Å². The highest BCUT2D eigenvalue weighted by Crippen LogP contribution is 2.37. The Morgan fingerprint density at radius 3 is 2.79 bits per heavy atom. The van der Waals surface area contributed by atoms with Crippen LogP contribution in [0.15, 0.2) is 0 Å². The SMILES string of the molecule is CC1(C)CCC(NCC2CCCS2)C1. The summed E-state index contributed by atoms with van der Waals surface area (Å²) in [6.07, 6.45) is 7.05. The van der Waals surface area contributed by atoms with Gasteiger partial charge in [-0.25, -0.2) is 0 Å². The highest BCUT2D eigenvalue weighted by Gasteiger charge is 2.30. The molecule has 0 aromatic carbocycles. The van der Waals surface area contributed by atoms with Crippen molar-refractivity contribution in [1.82, 2.24) is 5.32 Å². The van der Waals surface area contributed by atoms with E-state index in [1.165, 1.54) is 44.4 Å². The van der Waals surface area contributed by atoms with E-state index in [-0.39, 0.29) is 0 Å². The summed E-state index contributed by atoms with van der Waals surface area (Å²) in [6, 6.07) is 0.811. The molecule has 2 atom stereocenters. The summed E-state index contributed by atoms with van der Waals surface area (Å²) in [7, 11) is 0. The highest BCUT2D eigenvalue weighted by atomic mass is 32.2. The molecule has 2 unspecified atom stereocenters. The van der Waals surface area contributed by atoms with Crippen LogP contribution in [0.3, 0.4) is 0 Å². The van der Waals surface area contributed by atoms with Crippen LogP contribution in [0.25, 0.3) is 0 Å². The quantitative estimate of drug-likeness (QED) is 0.773. The van der Waals surface area contributed by atoms with Crippen LogP contribution in [0.4, 0.5) is 0 Å². The predicted molar refractivity (Wildman–Crippen MR) is 64.9 cm³/mol. The molecule has 0 amide bonds. The van der Waals surface area contributed by atoms with Gasteiger partial charge in [0, 0.05) is 17.8 Å². The van der Waals surface area contributed by atoms with Gasteiger partial charge >= 0.3 is 0 Å². The van der Waals surface area contributed by atoms with E-state index in [1.54, 1.807) is 0 Å². The van der Waals surface area contributed by atoms with E-state index in [9.17, 15) is 0 Å². The molecule has 0 aromatic heterocycles. The molecule has 1 saturated carbocycles. The molecule has 0 bridgehead atoms. The van der Waals surface area contributed by atoms with E-state index in [0.29, 0.717) is 5.41 Å². The van der Waals surface area contributed by atoms with Crippen molar-refractivity contribution in [3.8, 4) is 0 Å². The summed E-state index contributed by atoms with van der Waals surface area (Å²) in [6.45, 7) is 6.06. The first-order chi connectivity index (χ1) is 6.66. The van der Waals surface area contributed by atoms with Crippen molar-refractivity contribution < 1.29 is 0 Å². The lowest BCUT2D eigenvalue weighted by Crippen LogP contribution is -2.32. The molecule has 2 aliphatic rings. The van der Waals surface area contributed by atoms with Crippen LogP contribution in [-0.4, -0.2) is 23.6 Å². The van der Waals surface area contributed by atoms with Gasteiger partial charge in [0.2, 0.25) is 0 Å². The predicted octanol–water partition coefficient (Wildman–Crippen LogP) is 3.05. The third-order valence-electron chi connectivity index (χ3n) is 3.63. The van der Waals surface area contributed by atoms with Crippen molar-refractivity contribution in [2.45, 2.75) is 57.2 Å². The largest absolute Gasteiger partial charge is 0.313 e. The van der Waals surface area contributed by atoms with E-state index in [4.69, 9.17) is 0 Å². The first-order valence-corrected chi connectivity index (χ1v) is 7.06. The number of hydrogen-bond acceptors (Lipinski definition) is 2. The minimum Gasteiger partial charge on any atom is -0.313 e. The monoisotopic (exact) mass is 213 g/mol. The molecule has 82 valence electrons. The normalized spacial score (nSPS) is 36.4. The lowest BCUT2D eigenvalue weighted by Gasteiger charge is -2.19. The maximum Gasteiger partial charge on any atom is 0.0172 e. The van der Waals surface area contributed by atoms with Gasteiger partial charge in [0.25, 0.3) is 0 Å². The zero-order valence-corrected chi connectivity index (χ0v) is 10.3. The van der Waals surface area contributed by atoms with Gasteiger partial charge in [-0.1, -0.05) is 13.8 Å². The van der Waals surface area contributed by atoms with E-state index in [1.807, 2.05) is 0 Å². The Morgan fingerprint density at radius 2 is 2.21 bits per heavy atom. The molecular formula is C12H23NS. The first kappa shape index (κ1) is 10.8. The lowest BCUT2D eigenvalue weighted by atomic mass is 9.92. The fraction of sp³-hybridized carbons (Fsp3) is 1.00. The fourth-order valence-electron chi connectivity index (χ4n) is 2.71. The first-order valence-electron chi connectivity index (χ1n) is 6.01. The van der Waals surface area contributed by atoms with Crippen molar-refractivity contribution in [3.63, 3.8) is 0 Å². The Bertz CT molecular complexity index is 185. The van der Waals surface area contributed by atoms with Crippen LogP contribution in [0.1, 0.15) is 46.0 Å². The zero-order valence-electron chi connectivity index (χ0n) is 9.51. The van der Waals surface area contributed by atoms with Crippen molar-refractivity contribution in [2.75, 3.05) is 12.3 Å². The molecule has 14 heavy (non-hydrogen) atoms. The number of rotatable bonds is 3. The summed E-state index contributed by atoms with van der Waals surface area (Å²) < 4.78 is 0.